The standard InChI is InChI=1S/C15H14BrNO.C8H22N4.C8H11N.C7H4BrClO.C6H13NO.C4H7N.CH4/c1-17(11-12-7-3-2-4-8-12)15(18)13-9-5-6-10-14(13)16;1-2-11-5-8-12(6-3-9)7-4-10;1-9-7-8-5-3-2-4-6-8;8-6-4-2-1-3-5(6)7(9)10;1-2-7-3-5-8-6-4-7;1-3-5-4-2;/h2-10H,11H2,1H3;11H,2-10H2,1H3;2-6,9H,7H2,1H3;1-4H;2-6H2,1H3;1,4H2,2H3;1H4. The van der Waals surface area contributed by atoms with E-state index in [1.165, 1.54) is 12.1 Å². The van der Waals surface area contributed by atoms with Gasteiger partial charge < -0.3 is 31.7 Å². The first-order valence-electron chi connectivity index (χ1n) is 21.0. The normalized spacial score (nSPS) is 11.3. The summed E-state index contributed by atoms with van der Waals surface area (Å²) in [5, 5.41) is 5.92. The fourth-order valence-corrected chi connectivity index (χ4v) is 6.53. The first-order valence-corrected chi connectivity index (χ1v) is 23.0. The van der Waals surface area contributed by atoms with E-state index < -0.39 is 5.24 Å². The molecule has 14 heteroatoms. The third kappa shape index (κ3) is 31.9. The highest BCUT2D eigenvalue weighted by atomic mass is 79.9. The maximum atomic E-state index is 12.3. The lowest BCUT2D eigenvalue weighted by molar-refractivity contribution is 0.0405. The number of aliphatic imine (C=N–C) groups is 1. The van der Waals surface area contributed by atoms with Crippen LogP contribution in [0.15, 0.2) is 130 Å². The molecule has 1 heterocycles. The van der Waals surface area contributed by atoms with Crippen molar-refractivity contribution in [3.8, 4) is 0 Å². The van der Waals surface area contributed by atoms with E-state index in [2.05, 4.69) is 95.7 Å². The topological polar surface area (TPSA) is 142 Å². The van der Waals surface area contributed by atoms with Crippen molar-refractivity contribution in [2.24, 2.45) is 16.5 Å². The lowest BCUT2D eigenvalue weighted by Crippen LogP contribution is -2.38. The number of morpholine rings is 1. The zero-order valence-electron chi connectivity index (χ0n) is 37.5. The van der Waals surface area contributed by atoms with Crippen LogP contribution in [0.2, 0.25) is 0 Å². The SMILES string of the molecule is C.C=C=NCC.CCN1CCOCC1.CCNCCN(CCN)CCN.CN(Cc1ccccc1)C(=O)c1ccccc1Br.CNCc1ccccc1.O=C(Cl)c1ccccc1Br. The zero-order valence-corrected chi connectivity index (χ0v) is 41.4. The van der Waals surface area contributed by atoms with Crippen molar-refractivity contribution in [2.45, 2.75) is 41.3 Å². The second-order valence-corrected chi connectivity index (χ2v) is 15.4. The van der Waals surface area contributed by atoms with Crippen LogP contribution in [0.5, 0.6) is 0 Å². The average molecular weight is 1020 g/mol. The molecule has 0 spiro atoms. The van der Waals surface area contributed by atoms with Gasteiger partial charge in [-0.2, -0.15) is 0 Å². The number of hydrogen-bond donors (Lipinski definition) is 4. The van der Waals surface area contributed by atoms with Crippen LogP contribution in [-0.4, -0.2) is 131 Å². The summed E-state index contributed by atoms with van der Waals surface area (Å²) in [5.74, 6) is 2.41. The molecule has 0 atom stereocenters. The van der Waals surface area contributed by atoms with Gasteiger partial charge >= 0.3 is 0 Å². The van der Waals surface area contributed by atoms with Gasteiger partial charge in [0.05, 0.1) is 18.8 Å². The Morgan fingerprint density at radius 1 is 0.810 bits per heavy atom. The summed E-state index contributed by atoms with van der Waals surface area (Å²) in [6.07, 6.45) is 0. The maximum absolute atomic E-state index is 12.3. The van der Waals surface area contributed by atoms with Crippen LogP contribution >= 0.6 is 43.5 Å². The van der Waals surface area contributed by atoms with E-state index in [0.29, 0.717) is 30.8 Å². The second kappa shape index (κ2) is 42.4. The fraction of sp³-hybridized carbons (Fsp3) is 0.429. The molecule has 350 valence electrons. The molecule has 1 fully saturated rings. The minimum atomic E-state index is -0.438. The molecule has 1 amide bonds. The number of likely N-dealkylation sites (N-methyl/N-ethyl adjacent to an activating group) is 2. The Hall–Kier alpha value is -3.56. The van der Waals surface area contributed by atoms with E-state index in [1.807, 2.05) is 99.9 Å². The van der Waals surface area contributed by atoms with Crippen LogP contribution in [0, 0.1) is 0 Å². The molecule has 1 aliphatic rings. The van der Waals surface area contributed by atoms with Crippen molar-refractivity contribution < 1.29 is 14.3 Å². The van der Waals surface area contributed by atoms with E-state index in [9.17, 15) is 9.59 Å². The molecule has 6 N–H and O–H groups in total. The van der Waals surface area contributed by atoms with Gasteiger partial charge in [0.25, 0.3) is 11.1 Å². The molecule has 0 aromatic heterocycles. The number of nitrogens with two attached hydrogens (primary N) is 2. The van der Waals surface area contributed by atoms with Crippen LogP contribution in [-0.2, 0) is 17.8 Å². The smallest absolute Gasteiger partial charge is 0.255 e. The quantitative estimate of drug-likeness (QED) is 0.0494. The number of halogens is 3. The Morgan fingerprint density at radius 3 is 1.68 bits per heavy atom. The lowest BCUT2D eigenvalue weighted by atomic mass is 10.1. The van der Waals surface area contributed by atoms with Gasteiger partial charge in [0.2, 0.25) is 0 Å². The third-order valence-corrected chi connectivity index (χ3v) is 10.2. The molecule has 63 heavy (non-hydrogen) atoms. The highest BCUT2D eigenvalue weighted by Gasteiger charge is 2.14. The van der Waals surface area contributed by atoms with Crippen molar-refractivity contribution in [2.75, 3.05) is 99.3 Å². The predicted octanol–water partition coefficient (Wildman–Crippen LogP) is 8.61. The van der Waals surface area contributed by atoms with Crippen molar-refractivity contribution in [1.29, 1.82) is 0 Å². The van der Waals surface area contributed by atoms with E-state index in [0.717, 1.165) is 86.6 Å². The number of carbonyl (C=O) groups excluding carboxylic acids is 2. The van der Waals surface area contributed by atoms with Crippen LogP contribution < -0.4 is 22.1 Å². The van der Waals surface area contributed by atoms with Crippen molar-refractivity contribution in [1.82, 2.24) is 25.3 Å². The molecule has 0 saturated carbocycles. The van der Waals surface area contributed by atoms with E-state index in [4.69, 9.17) is 27.8 Å². The Balaban J connectivity index is 0. The van der Waals surface area contributed by atoms with Gasteiger partial charge in [0.15, 0.2) is 0 Å². The van der Waals surface area contributed by atoms with E-state index >= 15 is 0 Å². The summed E-state index contributed by atoms with van der Waals surface area (Å²) in [6, 6.07) is 34.8. The third-order valence-electron chi connectivity index (χ3n) is 8.59. The predicted molar refractivity (Wildman–Crippen MR) is 276 cm³/mol. The number of benzene rings is 4. The number of hydrogen-bond acceptors (Lipinski definition) is 10. The van der Waals surface area contributed by atoms with Gasteiger partial charge in [0.1, 0.15) is 0 Å². The Kier molecular flexibility index (Phi) is 41.4. The highest BCUT2D eigenvalue weighted by molar-refractivity contribution is 9.10. The number of rotatable bonds is 16. The highest BCUT2D eigenvalue weighted by Crippen LogP contribution is 2.19. The summed E-state index contributed by atoms with van der Waals surface area (Å²) in [5.41, 5.74) is 14.6. The minimum absolute atomic E-state index is 0. The molecule has 4 aromatic carbocycles. The van der Waals surface area contributed by atoms with Gasteiger partial charge in [0, 0.05) is 93.5 Å². The number of amides is 1. The zero-order chi connectivity index (χ0) is 46.2. The van der Waals surface area contributed by atoms with Crippen LogP contribution in [0.4, 0.5) is 0 Å². The molecule has 0 radical (unpaired) electrons. The summed E-state index contributed by atoms with van der Waals surface area (Å²) in [7, 11) is 3.77. The van der Waals surface area contributed by atoms with Gasteiger partial charge in [-0.15, -0.1) is 0 Å². The fourth-order valence-electron chi connectivity index (χ4n) is 5.33. The molecule has 0 bridgehead atoms. The van der Waals surface area contributed by atoms with Crippen molar-refractivity contribution >= 4 is 60.5 Å². The Bertz CT molecular complexity index is 1740. The van der Waals surface area contributed by atoms with Gasteiger partial charge in [-0.25, -0.2) is 4.99 Å². The molecule has 4 aromatic rings. The summed E-state index contributed by atoms with van der Waals surface area (Å²) >= 11 is 11.8. The molecular formula is C49H75Br2ClN8O3. The number of ether oxygens (including phenoxy) is 1. The van der Waals surface area contributed by atoms with E-state index in [1.54, 1.807) is 23.1 Å². The van der Waals surface area contributed by atoms with E-state index in [-0.39, 0.29) is 13.3 Å². The number of carbonyl (C=O) groups is 2. The average Bonchev–Trinajstić information content (AvgIpc) is 3.29. The molecular weight excluding hydrogens is 944 g/mol. The van der Waals surface area contributed by atoms with Gasteiger partial charge in [-0.1, -0.05) is 122 Å². The molecule has 0 aliphatic carbocycles. The summed E-state index contributed by atoms with van der Waals surface area (Å²) < 4.78 is 6.72. The summed E-state index contributed by atoms with van der Waals surface area (Å²) in [4.78, 5) is 32.9. The van der Waals surface area contributed by atoms with Crippen molar-refractivity contribution in [3.05, 3.63) is 147 Å². The first kappa shape index (κ1) is 61.5. The maximum Gasteiger partial charge on any atom is 0.255 e. The first-order chi connectivity index (χ1) is 30.0. The van der Waals surface area contributed by atoms with Crippen molar-refractivity contribution in [3.63, 3.8) is 0 Å². The Morgan fingerprint density at radius 2 is 1.30 bits per heavy atom. The van der Waals surface area contributed by atoms with Crippen LogP contribution in [0.1, 0.15) is 60.0 Å². The molecule has 0 unspecified atom stereocenters. The van der Waals surface area contributed by atoms with Crippen LogP contribution in [0.25, 0.3) is 0 Å². The Labute approximate surface area is 401 Å². The molecule has 11 nitrogen and oxygen atoms in total. The second-order valence-electron chi connectivity index (χ2n) is 13.3. The van der Waals surface area contributed by atoms with Crippen LogP contribution in [0.3, 0.4) is 0 Å². The lowest BCUT2D eigenvalue weighted by Gasteiger charge is -2.24. The molecule has 5 rings (SSSR count). The monoisotopic (exact) mass is 1020 g/mol. The molecule has 1 aliphatic heterocycles. The molecule has 1 saturated heterocycles. The number of nitrogens with zero attached hydrogens (tertiary/aromatic N) is 4. The van der Waals surface area contributed by atoms with Gasteiger partial charge in [-0.3, -0.25) is 19.4 Å². The largest absolute Gasteiger partial charge is 0.379 e. The number of nitrogens with one attached hydrogen (secondary N) is 2. The summed E-state index contributed by atoms with van der Waals surface area (Å²) in [6.45, 7) is 23.5. The van der Waals surface area contributed by atoms with Gasteiger partial charge in [-0.05, 0) is 102 Å². The minimum Gasteiger partial charge on any atom is -0.379 e.